The first-order chi connectivity index (χ1) is 8.14. The Morgan fingerprint density at radius 2 is 2.00 bits per heavy atom. The second kappa shape index (κ2) is 4.89. The van der Waals surface area contributed by atoms with Gasteiger partial charge in [-0.3, -0.25) is 4.79 Å². The maximum Gasteiger partial charge on any atom is 0.219 e. The van der Waals surface area contributed by atoms with Crippen LogP contribution < -0.4 is 22.5 Å². The van der Waals surface area contributed by atoms with Crippen LogP contribution >= 0.6 is 11.6 Å². The number of rotatable bonds is 4. The second-order valence-corrected chi connectivity index (χ2v) is 5.09. The third kappa shape index (κ3) is 3.16. The monoisotopic (exact) mass is 274 g/mol. The number of hydrogen-bond donors (Lipinski definition) is 4. The predicted octanol–water partition coefficient (Wildman–Crippen LogP) is 1.71. The van der Waals surface area contributed by atoms with Gasteiger partial charge in [0.1, 0.15) is 5.02 Å². The zero-order valence-electron chi connectivity index (χ0n) is 10.2. The average molecular weight is 275 g/mol. The fourth-order valence-corrected chi connectivity index (χ4v) is 1.76. The standard InChI is InChI=1S/C11H16ClFN4O/c1-11(2,4-7(16)18)17-10-6(15)3-5(14)8(12)9(10)13/h3,17H,4,14-15H2,1-2H3,(H2,16,18). The van der Waals surface area contributed by atoms with Crippen LogP contribution in [0.1, 0.15) is 20.3 Å². The van der Waals surface area contributed by atoms with Crippen molar-refractivity contribution in [3.05, 3.63) is 16.9 Å². The van der Waals surface area contributed by atoms with Gasteiger partial charge in [0, 0.05) is 12.0 Å². The molecule has 0 aliphatic heterocycles. The number of carbonyl (C=O) groups excluding carboxylic acids is 1. The van der Waals surface area contributed by atoms with Crippen LogP contribution in [0.3, 0.4) is 0 Å². The van der Waals surface area contributed by atoms with Gasteiger partial charge in [0.15, 0.2) is 5.82 Å². The quantitative estimate of drug-likeness (QED) is 0.627. The molecular weight excluding hydrogens is 259 g/mol. The summed E-state index contributed by atoms with van der Waals surface area (Å²) in [6.07, 6.45) is 0.0217. The number of nitrogen functional groups attached to an aromatic ring is 2. The molecule has 1 amide bonds. The highest BCUT2D eigenvalue weighted by atomic mass is 35.5. The maximum atomic E-state index is 13.9. The predicted molar refractivity (Wildman–Crippen MR) is 71.7 cm³/mol. The van der Waals surface area contributed by atoms with Crippen molar-refractivity contribution in [3.8, 4) is 0 Å². The van der Waals surface area contributed by atoms with Gasteiger partial charge >= 0.3 is 0 Å². The number of nitrogens with two attached hydrogens (primary N) is 3. The van der Waals surface area contributed by atoms with Gasteiger partial charge in [-0.15, -0.1) is 0 Å². The summed E-state index contributed by atoms with van der Waals surface area (Å²) < 4.78 is 13.9. The Hall–Kier alpha value is -1.69. The van der Waals surface area contributed by atoms with Gasteiger partial charge in [0.25, 0.3) is 0 Å². The first-order valence-electron chi connectivity index (χ1n) is 5.23. The van der Waals surface area contributed by atoms with Crippen molar-refractivity contribution in [3.63, 3.8) is 0 Å². The maximum absolute atomic E-state index is 13.9. The van der Waals surface area contributed by atoms with Crippen molar-refractivity contribution < 1.29 is 9.18 Å². The third-order valence-electron chi connectivity index (χ3n) is 2.34. The molecule has 0 aromatic heterocycles. The van der Waals surface area contributed by atoms with E-state index in [1.165, 1.54) is 6.07 Å². The zero-order chi connectivity index (χ0) is 14.1. The molecule has 0 atom stereocenters. The lowest BCUT2D eigenvalue weighted by molar-refractivity contribution is -0.118. The number of anilines is 3. The Morgan fingerprint density at radius 1 is 1.44 bits per heavy atom. The Morgan fingerprint density at radius 3 is 2.50 bits per heavy atom. The fraction of sp³-hybridized carbons (Fsp3) is 0.364. The highest BCUT2D eigenvalue weighted by Gasteiger charge is 2.24. The SMILES string of the molecule is CC(C)(CC(N)=O)Nc1c(N)cc(N)c(Cl)c1F. The fourth-order valence-electron chi connectivity index (χ4n) is 1.61. The third-order valence-corrected chi connectivity index (χ3v) is 2.73. The first-order valence-corrected chi connectivity index (χ1v) is 5.61. The van der Waals surface area contributed by atoms with Gasteiger partial charge in [-0.1, -0.05) is 11.6 Å². The summed E-state index contributed by atoms with van der Waals surface area (Å²) >= 11 is 5.70. The molecule has 7 N–H and O–H groups in total. The van der Waals surface area contributed by atoms with E-state index >= 15 is 0 Å². The minimum absolute atomic E-state index is 0.0143. The molecule has 5 nitrogen and oxygen atoms in total. The van der Waals surface area contributed by atoms with E-state index in [1.807, 2.05) is 0 Å². The van der Waals surface area contributed by atoms with Gasteiger partial charge in [0.05, 0.1) is 17.1 Å². The van der Waals surface area contributed by atoms with Gasteiger partial charge in [-0.25, -0.2) is 4.39 Å². The number of nitrogens with one attached hydrogen (secondary N) is 1. The molecule has 18 heavy (non-hydrogen) atoms. The minimum Gasteiger partial charge on any atom is -0.397 e. The first kappa shape index (κ1) is 14.4. The molecule has 0 bridgehead atoms. The van der Waals surface area contributed by atoms with Crippen LogP contribution in [-0.4, -0.2) is 11.4 Å². The number of halogens is 2. The molecule has 0 unspecified atom stereocenters. The van der Waals surface area contributed by atoms with Crippen molar-refractivity contribution in [2.45, 2.75) is 25.8 Å². The molecule has 0 aliphatic carbocycles. The lowest BCUT2D eigenvalue weighted by Gasteiger charge is -2.27. The average Bonchev–Trinajstić information content (AvgIpc) is 2.19. The highest BCUT2D eigenvalue weighted by molar-refractivity contribution is 6.33. The van der Waals surface area contributed by atoms with E-state index in [4.69, 9.17) is 28.8 Å². The number of benzene rings is 1. The van der Waals surface area contributed by atoms with Crippen molar-refractivity contribution in [2.75, 3.05) is 16.8 Å². The van der Waals surface area contributed by atoms with Crippen molar-refractivity contribution in [1.82, 2.24) is 0 Å². The number of primary amides is 1. The molecule has 0 saturated heterocycles. The summed E-state index contributed by atoms with van der Waals surface area (Å²) in [5.74, 6) is -1.25. The molecule has 0 aliphatic rings. The summed E-state index contributed by atoms with van der Waals surface area (Å²) in [4.78, 5) is 10.9. The van der Waals surface area contributed by atoms with E-state index in [0.29, 0.717) is 0 Å². The molecule has 1 rings (SSSR count). The van der Waals surface area contributed by atoms with Gasteiger partial charge < -0.3 is 22.5 Å². The van der Waals surface area contributed by atoms with Crippen LogP contribution in [-0.2, 0) is 4.79 Å². The molecule has 0 fully saturated rings. The van der Waals surface area contributed by atoms with E-state index in [9.17, 15) is 9.18 Å². The number of carbonyl (C=O) groups is 1. The van der Waals surface area contributed by atoms with Crippen LogP contribution in [0.25, 0.3) is 0 Å². The minimum atomic E-state index is -0.750. The largest absolute Gasteiger partial charge is 0.397 e. The number of hydrogen-bond acceptors (Lipinski definition) is 4. The molecule has 1 aromatic carbocycles. The topological polar surface area (TPSA) is 107 Å². The van der Waals surface area contributed by atoms with Gasteiger partial charge in [0.2, 0.25) is 5.91 Å². The van der Waals surface area contributed by atoms with Crippen molar-refractivity contribution >= 4 is 34.6 Å². The molecule has 0 radical (unpaired) electrons. The van der Waals surface area contributed by atoms with Gasteiger partial charge in [-0.2, -0.15) is 0 Å². The van der Waals surface area contributed by atoms with Crippen LogP contribution in [0.4, 0.5) is 21.5 Å². The van der Waals surface area contributed by atoms with E-state index in [0.717, 1.165) is 0 Å². The molecule has 0 heterocycles. The van der Waals surface area contributed by atoms with Crippen LogP contribution in [0.2, 0.25) is 5.02 Å². The zero-order valence-corrected chi connectivity index (χ0v) is 10.9. The summed E-state index contributed by atoms with van der Waals surface area (Å²) in [5.41, 5.74) is 15.7. The summed E-state index contributed by atoms with van der Waals surface area (Å²) in [5, 5.41) is 2.61. The van der Waals surface area contributed by atoms with Crippen LogP contribution in [0.15, 0.2) is 6.07 Å². The number of amides is 1. The molecule has 7 heteroatoms. The lowest BCUT2D eigenvalue weighted by Crippen LogP contribution is -2.36. The Kier molecular flexibility index (Phi) is 3.91. The summed E-state index contributed by atoms with van der Waals surface area (Å²) in [6.45, 7) is 3.39. The van der Waals surface area contributed by atoms with Crippen molar-refractivity contribution in [2.24, 2.45) is 5.73 Å². The van der Waals surface area contributed by atoms with Gasteiger partial charge in [-0.05, 0) is 19.9 Å². The Bertz CT molecular complexity index is 490. The lowest BCUT2D eigenvalue weighted by atomic mass is 9.99. The summed E-state index contributed by atoms with van der Waals surface area (Å²) in [7, 11) is 0. The second-order valence-electron chi connectivity index (χ2n) is 4.71. The van der Waals surface area contributed by atoms with Crippen LogP contribution in [0, 0.1) is 5.82 Å². The molecule has 0 saturated carbocycles. The van der Waals surface area contributed by atoms with Crippen molar-refractivity contribution in [1.29, 1.82) is 0 Å². The molecule has 100 valence electrons. The van der Waals surface area contributed by atoms with E-state index in [1.54, 1.807) is 13.8 Å². The highest BCUT2D eigenvalue weighted by Crippen LogP contribution is 2.35. The molecular formula is C11H16ClFN4O. The van der Waals surface area contributed by atoms with E-state index < -0.39 is 17.3 Å². The van der Waals surface area contributed by atoms with E-state index in [-0.39, 0.29) is 28.5 Å². The van der Waals surface area contributed by atoms with Crippen LogP contribution in [0.5, 0.6) is 0 Å². The Labute approximate surface area is 109 Å². The normalized spacial score (nSPS) is 11.3. The van der Waals surface area contributed by atoms with E-state index in [2.05, 4.69) is 5.32 Å². The molecule has 0 spiro atoms. The smallest absolute Gasteiger partial charge is 0.219 e. The summed E-state index contributed by atoms with van der Waals surface area (Å²) in [6, 6.07) is 1.36. The molecule has 1 aromatic rings. The Balaban J connectivity index is 3.12.